The van der Waals surface area contributed by atoms with Gasteiger partial charge in [-0.05, 0) is 39.8 Å². The Balaban J connectivity index is 2.09. The van der Waals surface area contributed by atoms with Crippen molar-refractivity contribution in [1.29, 1.82) is 0 Å². The van der Waals surface area contributed by atoms with Crippen molar-refractivity contribution >= 4 is 34.4 Å². The lowest BCUT2D eigenvalue weighted by Gasteiger charge is -2.19. The van der Waals surface area contributed by atoms with Gasteiger partial charge in [0, 0.05) is 9.99 Å². The Morgan fingerprint density at radius 1 is 1.09 bits per heavy atom. The lowest BCUT2D eigenvalue weighted by atomic mass is 10.0. The van der Waals surface area contributed by atoms with E-state index in [1.165, 1.54) is 0 Å². The zero-order valence-electron chi connectivity index (χ0n) is 12.3. The smallest absolute Gasteiger partial charge is 0.254 e. The van der Waals surface area contributed by atoms with Gasteiger partial charge in [-0.1, -0.05) is 48.5 Å². The van der Waals surface area contributed by atoms with Gasteiger partial charge in [-0.25, -0.2) is 0 Å². The van der Waals surface area contributed by atoms with Gasteiger partial charge in [0.05, 0.1) is 0 Å². The number of halogens is 1. The molecule has 2 rings (SSSR count). The number of primary amides is 1. The molecule has 0 saturated heterocycles. The van der Waals surface area contributed by atoms with Crippen LogP contribution in [0.2, 0.25) is 0 Å². The highest BCUT2D eigenvalue weighted by Crippen LogP contribution is 2.15. The fraction of sp³-hybridized carbons (Fsp3) is 0.176. The van der Waals surface area contributed by atoms with Crippen molar-refractivity contribution in [2.75, 3.05) is 0 Å². The number of amides is 2. The van der Waals surface area contributed by atoms with E-state index in [-0.39, 0.29) is 6.42 Å². The van der Waals surface area contributed by atoms with Gasteiger partial charge in [-0.3, -0.25) is 9.59 Å². The number of carbonyl (C=O) groups is 2. The van der Waals surface area contributed by atoms with Gasteiger partial charge in [-0.2, -0.15) is 0 Å². The number of aliphatic hydroxyl groups is 1. The number of nitrogens with two attached hydrogens (primary N) is 1. The molecular formula is C17H17IN2O3. The van der Waals surface area contributed by atoms with Crippen molar-refractivity contribution < 1.29 is 14.7 Å². The first kappa shape index (κ1) is 17.4. The average molecular weight is 424 g/mol. The molecule has 0 radical (unpaired) electrons. The maximum absolute atomic E-state index is 12.2. The Morgan fingerprint density at radius 3 is 2.30 bits per heavy atom. The van der Waals surface area contributed by atoms with E-state index in [1.807, 2.05) is 24.3 Å². The molecule has 6 heteroatoms. The van der Waals surface area contributed by atoms with Crippen molar-refractivity contribution in [3.63, 3.8) is 0 Å². The topological polar surface area (TPSA) is 92.4 Å². The molecule has 0 fully saturated rings. The first-order chi connectivity index (χ1) is 11.0. The Bertz CT molecular complexity index is 691. The van der Waals surface area contributed by atoms with E-state index >= 15 is 0 Å². The molecule has 0 heterocycles. The fourth-order valence-corrected chi connectivity index (χ4v) is 2.75. The van der Waals surface area contributed by atoms with Crippen molar-refractivity contribution in [1.82, 2.24) is 5.32 Å². The second-order valence-electron chi connectivity index (χ2n) is 5.07. The van der Waals surface area contributed by atoms with Gasteiger partial charge in [0.2, 0.25) is 5.91 Å². The zero-order valence-corrected chi connectivity index (χ0v) is 14.4. The molecule has 2 aromatic carbocycles. The third kappa shape index (κ3) is 4.77. The summed E-state index contributed by atoms with van der Waals surface area (Å²) in [5.41, 5.74) is 6.75. The van der Waals surface area contributed by atoms with E-state index < -0.39 is 24.0 Å². The van der Waals surface area contributed by atoms with E-state index in [1.54, 1.807) is 30.3 Å². The third-order valence-corrected chi connectivity index (χ3v) is 4.46. The molecule has 0 unspecified atom stereocenters. The number of hydrogen-bond donors (Lipinski definition) is 3. The molecule has 0 saturated carbocycles. The van der Waals surface area contributed by atoms with Gasteiger partial charge >= 0.3 is 0 Å². The second kappa shape index (κ2) is 8.07. The van der Waals surface area contributed by atoms with Crippen molar-refractivity contribution in [2.45, 2.75) is 18.6 Å². The maximum atomic E-state index is 12.2. The SMILES string of the molecule is NC(=O)[C@@H](Cc1ccccc1I)NC(=O)[C@@H](O)c1ccccc1. The molecular weight excluding hydrogens is 407 g/mol. The zero-order chi connectivity index (χ0) is 16.8. The lowest BCUT2D eigenvalue weighted by Crippen LogP contribution is -2.47. The molecule has 2 atom stereocenters. The Hall–Kier alpha value is -1.93. The predicted molar refractivity (Wildman–Crippen MR) is 95.4 cm³/mol. The first-order valence-electron chi connectivity index (χ1n) is 7.05. The van der Waals surface area contributed by atoms with Gasteiger partial charge in [0.1, 0.15) is 6.04 Å². The van der Waals surface area contributed by atoms with Crippen LogP contribution in [-0.4, -0.2) is 23.0 Å². The van der Waals surface area contributed by atoms with Gasteiger partial charge < -0.3 is 16.2 Å². The van der Waals surface area contributed by atoms with Gasteiger partial charge in [-0.15, -0.1) is 0 Å². The minimum absolute atomic E-state index is 0.279. The highest BCUT2D eigenvalue weighted by Gasteiger charge is 2.24. The largest absolute Gasteiger partial charge is 0.378 e. The number of benzene rings is 2. The van der Waals surface area contributed by atoms with Crippen LogP contribution in [-0.2, 0) is 16.0 Å². The minimum Gasteiger partial charge on any atom is -0.378 e. The number of hydrogen-bond acceptors (Lipinski definition) is 3. The summed E-state index contributed by atoms with van der Waals surface area (Å²) >= 11 is 2.16. The fourth-order valence-electron chi connectivity index (χ4n) is 2.14. The maximum Gasteiger partial charge on any atom is 0.254 e. The summed E-state index contributed by atoms with van der Waals surface area (Å²) in [6.07, 6.45) is -1.06. The molecule has 0 aliphatic carbocycles. The number of carbonyl (C=O) groups excluding carboxylic acids is 2. The second-order valence-corrected chi connectivity index (χ2v) is 6.23. The molecule has 2 amide bonds. The summed E-state index contributed by atoms with van der Waals surface area (Å²) in [5, 5.41) is 12.6. The van der Waals surface area contributed by atoms with Crippen LogP contribution < -0.4 is 11.1 Å². The van der Waals surface area contributed by atoms with Crippen LogP contribution in [0.5, 0.6) is 0 Å². The number of rotatable bonds is 6. The predicted octanol–water partition coefficient (Wildman–Crippen LogP) is 1.54. The Kier molecular flexibility index (Phi) is 6.12. The average Bonchev–Trinajstić information content (AvgIpc) is 2.56. The van der Waals surface area contributed by atoms with E-state index in [0.29, 0.717) is 5.56 Å². The van der Waals surface area contributed by atoms with Crippen LogP contribution in [0.1, 0.15) is 17.2 Å². The number of nitrogens with one attached hydrogen (secondary N) is 1. The van der Waals surface area contributed by atoms with Crippen LogP contribution in [0.4, 0.5) is 0 Å². The third-order valence-electron chi connectivity index (χ3n) is 3.41. The first-order valence-corrected chi connectivity index (χ1v) is 8.13. The molecule has 0 aliphatic heterocycles. The van der Waals surface area contributed by atoms with Crippen LogP contribution in [0.25, 0.3) is 0 Å². The highest BCUT2D eigenvalue weighted by atomic mass is 127. The molecule has 5 nitrogen and oxygen atoms in total. The summed E-state index contributed by atoms with van der Waals surface area (Å²) in [6, 6.07) is 15.2. The van der Waals surface area contributed by atoms with Crippen LogP contribution >= 0.6 is 22.6 Å². The van der Waals surface area contributed by atoms with Crippen LogP contribution in [0.3, 0.4) is 0 Å². The van der Waals surface area contributed by atoms with E-state index in [4.69, 9.17) is 5.73 Å². The van der Waals surface area contributed by atoms with Crippen molar-refractivity contribution in [2.24, 2.45) is 5.73 Å². The molecule has 120 valence electrons. The number of aliphatic hydroxyl groups excluding tert-OH is 1. The Labute approximate surface area is 148 Å². The van der Waals surface area contributed by atoms with Crippen molar-refractivity contribution in [3.8, 4) is 0 Å². The molecule has 0 aromatic heterocycles. The van der Waals surface area contributed by atoms with Crippen molar-refractivity contribution in [3.05, 3.63) is 69.3 Å². The van der Waals surface area contributed by atoms with E-state index in [0.717, 1.165) is 9.13 Å². The summed E-state index contributed by atoms with van der Waals surface area (Å²) in [6.45, 7) is 0. The molecule has 2 aromatic rings. The lowest BCUT2D eigenvalue weighted by molar-refractivity contribution is -0.133. The molecule has 23 heavy (non-hydrogen) atoms. The summed E-state index contributed by atoms with van der Waals surface area (Å²) in [4.78, 5) is 23.8. The minimum atomic E-state index is -1.34. The molecule has 0 bridgehead atoms. The summed E-state index contributed by atoms with van der Waals surface area (Å²) in [5.74, 6) is -1.29. The molecule has 0 spiro atoms. The van der Waals surface area contributed by atoms with Crippen LogP contribution in [0, 0.1) is 3.57 Å². The summed E-state index contributed by atoms with van der Waals surface area (Å²) < 4.78 is 0.981. The summed E-state index contributed by atoms with van der Waals surface area (Å²) in [7, 11) is 0. The standard InChI is InChI=1S/C17H17IN2O3/c18-13-9-5-4-8-12(13)10-14(16(19)22)20-17(23)15(21)11-6-2-1-3-7-11/h1-9,14-15,21H,10H2,(H2,19,22)(H,20,23)/t14-,15+/m1/s1. The monoisotopic (exact) mass is 424 g/mol. The molecule has 0 aliphatic rings. The van der Waals surface area contributed by atoms with E-state index in [2.05, 4.69) is 27.9 Å². The quantitative estimate of drug-likeness (QED) is 0.615. The van der Waals surface area contributed by atoms with Crippen LogP contribution in [0.15, 0.2) is 54.6 Å². The van der Waals surface area contributed by atoms with E-state index in [9.17, 15) is 14.7 Å². The Morgan fingerprint density at radius 2 is 1.70 bits per heavy atom. The highest BCUT2D eigenvalue weighted by molar-refractivity contribution is 14.1. The van der Waals surface area contributed by atoms with Gasteiger partial charge in [0.15, 0.2) is 6.10 Å². The normalized spacial score (nSPS) is 13.1. The van der Waals surface area contributed by atoms with Gasteiger partial charge in [0.25, 0.3) is 5.91 Å². The molecule has 4 N–H and O–H groups in total.